The predicted octanol–water partition coefficient (Wildman–Crippen LogP) is 2.11. The molecule has 0 aromatic heterocycles. The molecule has 35 heavy (non-hydrogen) atoms. The zero-order valence-corrected chi connectivity index (χ0v) is 20.1. The van der Waals surface area contributed by atoms with Crippen molar-refractivity contribution in [1.82, 2.24) is 15.1 Å². The minimum Gasteiger partial charge on any atom is -0.488 e. The van der Waals surface area contributed by atoms with Crippen molar-refractivity contribution < 1.29 is 29.6 Å². The Balaban J connectivity index is 0.00000304. The monoisotopic (exact) mass is 502 g/mol. The predicted molar refractivity (Wildman–Crippen MR) is 130 cm³/mol. The van der Waals surface area contributed by atoms with Crippen molar-refractivity contribution in [1.29, 1.82) is 0 Å². The fourth-order valence-corrected chi connectivity index (χ4v) is 4.50. The number of nitrogens with one attached hydrogen (secondary N) is 1. The van der Waals surface area contributed by atoms with Crippen LogP contribution in [0.4, 0.5) is 4.39 Å². The summed E-state index contributed by atoms with van der Waals surface area (Å²) in [5.41, 5.74) is 2.13. The van der Waals surface area contributed by atoms with Gasteiger partial charge in [0.15, 0.2) is 0 Å². The molecule has 8 nitrogen and oxygen atoms in total. The molecule has 0 bridgehead atoms. The van der Waals surface area contributed by atoms with Crippen LogP contribution in [-0.4, -0.2) is 59.8 Å². The number of imide groups is 1. The number of amides is 3. The number of benzene rings is 2. The summed E-state index contributed by atoms with van der Waals surface area (Å²) in [6.45, 7) is 3.61. The number of hydrogen-bond acceptors (Lipinski definition) is 6. The van der Waals surface area contributed by atoms with Crippen molar-refractivity contribution >= 4 is 31.2 Å². The van der Waals surface area contributed by atoms with Crippen molar-refractivity contribution in [2.45, 2.75) is 38.6 Å². The van der Waals surface area contributed by atoms with Crippen LogP contribution in [-0.2, 0) is 34.0 Å². The zero-order valence-electron chi connectivity index (χ0n) is 20.1. The average Bonchev–Trinajstić information content (AvgIpc) is 3.20. The van der Waals surface area contributed by atoms with Gasteiger partial charge in [0.2, 0.25) is 11.8 Å². The van der Waals surface area contributed by atoms with E-state index >= 15 is 0 Å². The minimum absolute atomic E-state index is 0. The van der Waals surface area contributed by atoms with Gasteiger partial charge in [0.1, 0.15) is 24.2 Å². The van der Waals surface area contributed by atoms with Gasteiger partial charge in [-0.3, -0.25) is 24.6 Å². The number of carbonyl (C=O) groups is 3. The number of halogens is 1. The first kappa shape index (κ1) is 23.8. The van der Waals surface area contributed by atoms with Crippen molar-refractivity contribution in [3.05, 3.63) is 64.5 Å². The Labute approximate surface area is 211 Å². The SMILES string of the molecule is S.[2H][C@@]1(N2Cc3c(OCc4ccc(CN5CCOCC5)cc4F)cccc3C2=O)CCC(=O)NC1=O. The Hall–Kier alpha value is -2.95. The van der Waals surface area contributed by atoms with Gasteiger partial charge in [-0.2, -0.15) is 13.5 Å². The van der Waals surface area contributed by atoms with Crippen LogP contribution in [0.25, 0.3) is 0 Å². The second-order valence-electron chi connectivity index (χ2n) is 8.60. The number of piperidine rings is 1. The Morgan fingerprint density at radius 1 is 1.17 bits per heavy atom. The number of hydrogen-bond donors (Lipinski definition) is 1. The van der Waals surface area contributed by atoms with E-state index in [1.54, 1.807) is 24.3 Å². The molecule has 3 aliphatic rings. The Kier molecular flexibility index (Phi) is 7.31. The number of ether oxygens (including phenoxy) is 2. The van der Waals surface area contributed by atoms with Gasteiger partial charge in [-0.25, -0.2) is 4.39 Å². The fourth-order valence-electron chi connectivity index (χ4n) is 4.50. The highest BCUT2D eigenvalue weighted by Crippen LogP contribution is 2.34. The molecule has 2 aromatic carbocycles. The van der Waals surface area contributed by atoms with Crippen LogP contribution in [0.15, 0.2) is 36.4 Å². The first-order valence-corrected chi connectivity index (χ1v) is 11.3. The summed E-state index contributed by atoms with van der Waals surface area (Å²) >= 11 is 0. The summed E-state index contributed by atoms with van der Waals surface area (Å²) in [5, 5.41) is 2.15. The first-order valence-electron chi connectivity index (χ1n) is 11.8. The van der Waals surface area contributed by atoms with Crippen LogP contribution in [0.1, 0.15) is 41.3 Å². The van der Waals surface area contributed by atoms with Crippen LogP contribution in [0.5, 0.6) is 5.75 Å². The highest BCUT2D eigenvalue weighted by molar-refractivity contribution is 7.59. The molecule has 1 atom stereocenters. The fraction of sp³-hybridized carbons (Fsp3) is 0.400. The number of carbonyl (C=O) groups excluding carboxylic acids is 3. The maximum absolute atomic E-state index is 14.8. The van der Waals surface area contributed by atoms with Crippen molar-refractivity contribution in [3.63, 3.8) is 0 Å². The van der Waals surface area contributed by atoms with E-state index in [1.165, 1.54) is 6.07 Å². The molecule has 0 radical (unpaired) electrons. The molecule has 0 spiro atoms. The van der Waals surface area contributed by atoms with Crippen molar-refractivity contribution in [2.24, 2.45) is 0 Å². The van der Waals surface area contributed by atoms with E-state index in [1.807, 2.05) is 6.07 Å². The molecule has 2 saturated heterocycles. The molecule has 0 unspecified atom stereocenters. The summed E-state index contributed by atoms with van der Waals surface area (Å²) in [4.78, 5) is 40.3. The number of nitrogens with zero attached hydrogens (tertiary/aromatic N) is 2. The van der Waals surface area contributed by atoms with Crippen molar-refractivity contribution in [3.8, 4) is 5.75 Å². The Morgan fingerprint density at radius 2 is 1.97 bits per heavy atom. The van der Waals surface area contributed by atoms with Crippen LogP contribution in [0.3, 0.4) is 0 Å². The highest BCUT2D eigenvalue weighted by Gasteiger charge is 2.40. The molecule has 2 fully saturated rings. The second kappa shape index (κ2) is 10.8. The van der Waals surface area contributed by atoms with Crippen LogP contribution < -0.4 is 10.1 Å². The maximum Gasteiger partial charge on any atom is 0.255 e. The number of morpholine rings is 1. The molecule has 10 heteroatoms. The van der Waals surface area contributed by atoms with Gasteiger partial charge in [0, 0.05) is 42.7 Å². The van der Waals surface area contributed by atoms with Gasteiger partial charge in [-0.05, 0) is 30.2 Å². The largest absolute Gasteiger partial charge is 0.488 e. The summed E-state index contributed by atoms with van der Waals surface area (Å²) < 4.78 is 34.7. The van der Waals surface area contributed by atoms with Gasteiger partial charge < -0.3 is 14.4 Å². The molecule has 0 saturated carbocycles. The van der Waals surface area contributed by atoms with Gasteiger partial charge >= 0.3 is 0 Å². The van der Waals surface area contributed by atoms with E-state index in [-0.39, 0.29) is 45.3 Å². The smallest absolute Gasteiger partial charge is 0.255 e. The van der Waals surface area contributed by atoms with Crippen molar-refractivity contribution in [2.75, 3.05) is 26.3 Å². The maximum atomic E-state index is 14.8. The summed E-state index contributed by atoms with van der Waals surface area (Å²) in [6, 6.07) is 8.17. The average molecular weight is 503 g/mol. The van der Waals surface area contributed by atoms with Crippen LogP contribution in [0, 0.1) is 5.82 Å². The third-order valence-corrected chi connectivity index (χ3v) is 6.37. The van der Waals surface area contributed by atoms with E-state index in [0.717, 1.165) is 23.6 Å². The topological polar surface area (TPSA) is 88.2 Å². The van der Waals surface area contributed by atoms with E-state index in [2.05, 4.69) is 10.2 Å². The lowest BCUT2D eigenvalue weighted by molar-refractivity contribution is -0.136. The second-order valence-corrected chi connectivity index (χ2v) is 8.60. The molecule has 3 amide bonds. The zero-order chi connectivity index (χ0) is 24.6. The minimum atomic E-state index is -1.87. The third-order valence-electron chi connectivity index (χ3n) is 6.37. The van der Waals surface area contributed by atoms with E-state index < -0.39 is 23.7 Å². The molecule has 186 valence electrons. The lowest BCUT2D eigenvalue weighted by Crippen LogP contribution is -2.52. The van der Waals surface area contributed by atoms with Gasteiger partial charge in [0.25, 0.3) is 5.91 Å². The van der Waals surface area contributed by atoms with Crippen LogP contribution in [0.2, 0.25) is 0 Å². The quantitative estimate of drug-likeness (QED) is 0.609. The van der Waals surface area contributed by atoms with Gasteiger partial charge in [-0.15, -0.1) is 0 Å². The highest BCUT2D eigenvalue weighted by atomic mass is 32.1. The molecule has 3 heterocycles. The molecule has 2 aromatic rings. The summed E-state index contributed by atoms with van der Waals surface area (Å²) in [7, 11) is 0. The van der Waals surface area contributed by atoms with Gasteiger partial charge in [0.05, 0.1) is 21.1 Å². The molecular formula is C25H28FN3O5S. The van der Waals surface area contributed by atoms with Crippen LogP contribution >= 0.6 is 13.5 Å². The standard InChI is InChI=1S/C25H26FN3O5.H2S/c26-20-12-16(13-28-8-10-33-11-9-28)4-5-17(20)15-34-22-3-1-2-18-19(22)14-29(25(18)32)21-6-7-23(30)27-24(21)31;/h1-5,12,21H,6-11,13-15H2,(H,27,30,31);1H2/t21-;/m1./s1/i21D;. The van der Waals surface area contributed by atoms with E-state index in [9.17, 15) is 18.8 Å². The molecule has 1 N–H and O–H groups in total. The summed E-state index contributed by atoms with van der Waals surface area (Å²) in [6.07, 6.45) is -0.0882. The van der Waals surface area contributed by atoms with E-state index in [4.69, 9.17) is 10.8 Å². The van der Waals surface area contributed by atoms with E-state index in [0.29, 0.717) is 42.2 Å². The van der Waals surface area contributed by atoms with Gasteiger partial charge in [-0.1, -0.05) is 18.2 Å². The summed E-state index contributed by atoms with van der Waals surface area (Å²) in [5.74, 6) is -1.70. The molecule has 5 rings (SSSR count). The molecule has 0 aliphatic carbocycles. The third kappa shape index (κ3) is 5.34. The number of fused-ring (bicyclic) bond motifs is 1. The normalized spacial score (nSPS) is 22.8. The first-order chi connectivity index (χ1) is 16.8. The Morgan fingerprint density at radius 3 is 2.71 bits per heavy atom. The molecule has 3 aliphatic heterocycles. The molecular weight excluding hydrogens is 473 g/mol. The number of rotatable bonds is 6. The lowest BCUT2D eigenvalue weighted by atomic mass is 10.0. The Bertz CT molecular complexity index is 1190. The lowest BCUT2D eigenvalue weighted by Gasteiger charge is -2.29.